The molecule has 0 aromatic rings. The average Bonchev–Trinajstić information content (AvgIpc) is 2.45. The van der Waals surface area contributed by atoms with Gasteiger partial charge in [0, 0.05) is 5.54 Å². The van der Waals surface area contributed by atoms with E-state index < -0.39 is 11.1 Å². The summed E-state index contributed by atoms with van der Waals surface area (Å²) >= 11 is -1.65. The quantitative estimate of drug-likeness (QED) is 0.559. The van der Waals surface area contributed by atoms with Crippen molar-refractivity contribution < 1.29 is 8.76 Å². The van der Waals surface area contributed by atoms with Gasteiger partial charge in [0.25, 0.3) is 0 Å². The van der Waals surface area contributed by atoms with Crippen LogP contribution in [-0.2, 0) is 11.1 Å². The number of nitrogens with two attached hydrogens (primary N) is 1. The van der Waals surface area contributed by atoms with Gasteiger partial charge in [-0.1, -0.05) is 0 Å². The first-order valence-electron chi connectivity index (χ1n) is 2.99. The molecule has 0 radical (unpaired) electrons. The Morgan fingerprint density at radius 2 is 2.22 bits per heavy atom. The third-order valence-corrected chi connectivity index (χ3v) is 2.22. The van der Waals surface area contributed by atoms with E-state index in [9.17, 15) is 4.21 Å². The molecule has 54 valence electrons. The van der Waals surface area contributed by atoms with Crippen LogP contribution in [0.25, 0.3) is 0 Å². The lowest BCUT2D eigenvalue weighted by atomic mass is 10.2. The Labute approximate surface area is 56.9 Å². The summed E-state index contributed by atoms with van der Waals surface area (Å²) in [6.45, 7) is 0. The molecule has 1 atom stereocenters. The van der Waals surface area contributed by atoms with E-state index in [-0.39, 0.29) is 5.54 Å². The zero-order valence-corrected chi connectivity index (χ0v) is 5.99. The van der Waals surface area contributed by atoms with Gasteiger partial charge >= 0.3 is 0 Å². The molecule has 0 bridgehead atoms. The maximum absolute atomic E-state index is 10.1. The van der Waals surface area contributed by atoms with Crippen molar-refractivity contribution in [2.45, 2.75) is 24.8 Å². The summed E-state index contributed by atoms with van der Waals surface area (Å²) in [5, 5.41) is 0. The maximum atomic E-state index is 10.1. The van der Waals surface area contributed by atoms with E-state index in [2.05, 4.69) is 0 Å². The van der Waals surface area contributed by atoms with E-state index in [4.69, 9.17) is 10.3 Å². The van der Waals surface area contributed by atoms with Gasteiger partial charge in [0.2, 0.25) is 0 Å². The predicted molar refractivity (Wildman–Crippen MR) is 36.4 cm³/mol. The van der Waals surface area contributed by atoms with E-state index >= 15 is 0 Å². The Morgan fingerprint density at radius 1 is 1.67 bits per heavy atom. The third-order valence-electron chi connectivity index (χ3n) is 1.67. The zero-order valence-electron chi connectivity index (χ0n) is 5.17. The fraction of sp³-hybridized carbons (Fsp3) is 1.00. The Hall–Kier alpha value is 0.0700. The Morgan fingerprint density at radius 3 is 2.56 bits per heavy atom. The van der Waals surface area contributed by atoms with Crippen LogP contribution in [0, 0.1) is 0 Å². The topological polar surface area (TPSA) is 63.3 Å². The lowest BCUT2D eigenvalue weighted by Gasteiger charge is -2.03. The van der Waals surface area contributed by atoms with E-state index in [0.717, 1.165) is 12.8 Å². The molecular formula is C5H11NO2S. The first-order valence-corrected chi connectivity index (χ1v) is 4.26. The van der Waals surface area contributed by atoms with Crippen LogP contribution in [0.15, 0.2) is 0 Å². The van der Waals surface area contributed by atoms with E-state index in [1.165, 1.54) is 0 Å². The minimum Gasteiger partial charge on any atom is -0.325 e. The van der Waals surface area contributed by atoms with Gasteiger partial charge in [-0.3, -0.25) is 0 Å². The molecule has 1 rings (SSSR count). The molecule has 1 saturated carbocycles. The summed E-state index contributed by atoms with van der Waals surface area (Å²) in [5.41, 5.74) is 5.58. The number of rotatable bonds is 3. The highest BCUT2D eigenvalue weighted by molar-refractivity contribution is 7.79. The van der Waals surface area contributed by atoms with Crippen molar-refractivity contribution in [3.63, 3.8) is 0 Å². The number of hydrogen-bond acceptors (Lipinski definition) is 2. The van der Waals surface area contributed by atoms with Crippen molar-refractivity contribution in [3.8, 4) is 0 Å². The minimum absolute atomic E-state index is 0.0710. The van der Waals surface area contributed by atoms with Crippen molar-refractivity contribution in [2.75, 3.05) is 5.75 Å². The summed E-state index contributed by atoms with van der Waals surface area (Å²) in [4.78, 5) is 0. The minimum atomic E-state index is -1.65. The second-order valence-electron chi connectivity index (χ2n) is 2.64. The summed E-state index contributed by atoms with van der Waals surface area (Å²) in [6, 6.07) is 0. The molecule has 0 amide bonds. The normalized spacial score (nSPS) is 25.6. The molecule has 0 saturated heterocycles. The highest BCUT2D eigenvalue weighted by Crippen LogP contribution is 2.35. The highest BCUT2D eigenvalue weighted by atomic mass is 32.2. The van der Waals surface area contributed by atoms with Gasteiger partial charge in [-0.05, 0) is 19.3 Å². The Balaban J connectivity index is 2.12. The van der Waals surface area contributed by atoms with Crippen LogP contribution in [0.1, 0.15) is 19.3 Å². The highest BCUT2D eigenvalue weighted by Gasteiger charge is 2.37. The van der Waals surface area contributed by atoms with Crippen LogP contribution in [0.3, 0.4) is 0 Å². The van der Waals surface area contributed by atoms with Crippen LogP contribution in [0.4, 0.5) is 0 Å². The number of hydrogen-bond donors (Lipinski definition) is 2. The lowest BCUT2D eigenvalue weighted by molar-refractivity contribution is 0.551. The van der Waals surface area contributed by atoms with Gasteiger partial charge in [-0.2, -0.15) is 0 Å². The molecule has 1 fully saturated rings. The molecule has 1 aliphatic rings. The van der Waals surface area contributed by atoms with Gasteiger partial charge in [0.05, 0.1) is 5.75 Å². The molecule has 0 aromatic carbocycles. The molecule has 0 heterocycles. The summed E-state index contributed by atoms with van der Waals surface area (Å²) in [7, 11) is 0. The van der Waals surface area contributed by atoms with E-state index in [0.29, 0.717) is 12.2 Å². The van der Waals surface area contributed by atoms with Crippen molar-refractivity contribution >= 4 is 11.1 Å². The molecule has 1 aliphatic carbocycles. The van der Waals surface area contributed by atoms with Crippen molar-refractivity contribution in [3.05, 3.63) is 0 Å². The van der Waals surface area contributed by atoms with Gasteiger partial charge in [0.15, 0.2) is 11.1 Å². The predicted octanol–water partition coefficient (Wildman–Crippen LogP) is 0.0895. The second-order valence-corrected chi connectivity index (χ2v) is 3.69. The fourth-order valence-corrected chi connectivity index (χ4v) is 1.28. The second kappa shape index (κ2) is 2.36. The molecule has 3 N–H and O–H groups in total. The first-order chi connectivity index (χ1) is 4.12. The van der Waals surface area contributed by atoms with Crippen molar-refractivity contribution in [1.82, 2.24) is 0 Å². The zero-order chi connectivity index (χ0) is 6.91. The van der Waals surface area contributed by atoms with E-state index in [1.54, 1.807) is 0 Å². The van der Waals surface area contributed by atoms with Crippen LogP contribution >= 0.6 is 0 Å². The maximum Gasteiger partial charge on any atom is 0.152 e. The summed E-state index contributed by atoms with van der Waals surface area (Å²) in [6.07, 6.45) is 2.73. The van der Waals surface area contributed by atoms with Gasteiger partial charge < -0.3 is 10.3 Å². The van der Waals surface area contributed by atoms with Gasteiger partial charge in [0.1, 0.15) is 0 Å². The van der Waals surface area contributed by atoms with E-state index in [1.807, 2.05) is 0 Å². The molecular weight excluding hydrogens is 138 g/mol. The van der Waals surface area contributed by atoms with Crippen LogP contribution in [-0.4, -0.2) is 20.1 Å². The SMILES string of the molecule is NC1(CCS(=O)O)CC1. The van der Waals surface area contributed by atoms with Gasteiger partial charge in [-0.15, -0.1) is 0 Å². The summed E-state index contributed by atoms with van der Waals surface area (Å²) in [5.74, 6) is 0.330. The molecule has 0 spiro atoms. The Bertz CT molecular complexity index is 133. The third kappa shape index (κ3) is 2.43. The largest absolute Gasteiger partial charge is 0.325 e. The van der Waals surface area contributed by atoms with Crippen LogP contribution < -0.4 is 5.73 Å². The average molecular weight is 149 g/mol. The molecule has 0 aliphatic heterocycles. The van der Waals surface area contributed by atoms with Crippen molar-refractivity contribution in [1.29, 1.82) is 0 Å². The molecule has 1 unspecified atom stereocenters. The first kappa shape index (κ1) is 7.18. The molecule has 4 heteroatoms. The monoisotopic (exact) mass is 149 g/mol. The molecule has 3 nitrogen and oxygen atoms in total. The molecule has 9 heavy (non-hydrogen) atoms. The Kier molecular flexibility index (Phi) is 1.88. The summed E-state index contributed by atoms with van der Waals surface area (Å²) < 4.78 is 18.5. The standard InChI is InChI=1S/C5H11NO2S/c6-5(1-2-5)3-4-9(7)8/h1-4,6H2,(H,7,8). The fourth-order valence-electron chi connectivity index (χ4n) is 0.701. The van der Waals surface area contributed by atoms with Gasteiger partial charge in [-0.25, -0.2) is 4.21 Å². The van der Waals surface area contributed by atoms with Crippen LogP contribution in [0.5, 0.6) is 0 Å². The van der Waals surface area contributed by atoms with Crippen molar-refractivity contribution in [2.24, 2.45) is 5.73 Å². The van der Waals surface area contributed by atoms with Crippen LogP contribution in [0.2, 0.25) is 0 Å². The lowest BCUT2D eigenvalue weighted by Crippen LogP contribution is -2.23. The smallest absolute Gasteiger partial charge is 0.152 e. The molecule has 0 aromatic heterocycles.